The van der Waals surface area contributed by atoms with Crippen LogP contribution in [0, 0.1) is 10.7 Å². The van der Waals surface area contributed by atoms with Crippen LogP contribution in [0.15, 0.2) is 30.6 Å². The number of nitrogens with zero attached hydrogens (tertiary/aromatic N) is 4. The van der Waals surface area contributed by atoms with E-state index >= 15 is 0 Å². The van der Waals surface area contributed by atoms with Crippen LogP contribution in [0.2, 0.25) is 0 Å². The standard InChI is InChI=1S/C18H23BFN4O4/c1-17(2)18(3,4)28-19(27-17)14-6-5-12(9-15(14)20)16-10-13(26-24(16)25)11-23-8-7-21-22-23/h5-9,13,16H,10-11H2,1-4H3/q+1/t13-,16?/m1/s1. The van der Waals surface area contributed by atoms with Gasteiger partial charge in [0.2, 0.25) is 11.0 Å². The molecule has 0 aliphatic carbocycles. The molecule has 2 aliphatic rings. The molecular formula is C18H23BFN4O4+. The fourth-order valence-electron chi connectivity index (χ4n) is 3.41. The molecule has 2 aliphatic heterocycles. The largest absolute Gasteiger partial charge is 0.497 e. The summed E-state index contributed by atoms with van der Waals surface area (Å²) < 4.78 is 28.3. The average Bonchev–Trinajstić information content (AvgIpc) is 3.27. The first-order chi connectivity index (χ1) is 13.2. The number of hydrogen-bond donors (Lipinski definition) is 0. The zero-order chi connectivity index (χ0) is 20.1. The molecule has 3 heterocycles. The number of benzene rings is 1. The van der Waals surface area contributed by atoms with E-state index in [1.807, 2.05) is 27.7 Å². The molecule has 148 valence electrons. The van der Waals surface area contributed by atoms with E-state index in [-0.39, 0.29) is 6.10 Å². The maximum absolute atomic E-state index is 14.8. The normalized spacial score (nSPS) is 25.9. The molecule has 0 amide bonds. The summed E-state index contributed by atoms with van der Waals surface area (Å²) in [5.41, 5.74) is -0.239. The van der Waals surface area contributed by atoms with Crippen molar-refractivity contribution in [2.45, 2.75) is 64.0 Å². The van der Waals surface area contributed by atoms with Gasteiger partial charge in [-0.2, -0.15) is 0 Å². The van der Waals surface area contributed by atoms with Crippen molar-refractivity contribution in [3.63, 3.8) is 0 Å². The molecular weight excluding hydrogens is 366 g/mol. The van der Waals surface area contributed by atoms with E-state index in [1.54, 1.807) is 29.2 Å². The van der Waals surface area contributed by atoms with E-state index in [4.69, 9.17) is 14.1 Å². The smallest absolute Gasteiger partial charge is 0.399 e. The molecule has 2 fully saturated rings. The highest BCUT2D eigenvalue weighted by atomic mass is 19.1. The van der Waals surface area contributed by atoms with Gasteiger partial charge in [-0.3, -0.25) is 0 Å². The molecule has 10 heteroatoms. The molecule has 0 spiro atoms. The van der Waals surface area contributed by atoms with Crippen LogP contribution in [-0.4, -0.2) is 44.3 Å². The van der Waals surface area contributed by atoms with Gasteiger partial charge in [0.25, 0.3) is 6.04 Å². The Labute approximate surface area is 162 Å². The third kappa shape index (κ3) is 3.31. The summed E-state index contributed by atoms with van der Waals surface area (Å²) >= 11 is 0. The van der Waals surface area contributed by atoms with Gasteiger partial charge in [-0.15, -0.1) is 5.10 Å². The van der Waals surface area contributed by atoms with Crippen molar-refractivity contribution in [3.8, 4) is 0 Å². The van der Waals surface area contributed by atoms with Gasteiger partial charge in [-0.25, -0.2) is 13.9 Å². The van der Waals surface area contributed by atoms with Gasteiger partial charge in [-0.05, 0) is 33.8 Å². The number of aromatic nitrogens is 3. The zero-order valence-corrected chi connectivity index (χ0v) is 16.3. The SMILES string of the molecule is CC1(C)OB(c2ccc(C3C[C@H](Cn4ccnn4)O[N+]3=O)cc2F)OC1(C)C. The highest BCUT2D eigenvalue weighted by molar-refractivity contribution is 6.62. The molecule has 0 N–H and O–H groups in total. The second-order valence-electron chi connectivity index (χ2n) is 8.26. The van der Waals surface area contributed by atoms with Crippen molar-refractivity contribution >= 4 is 12.6 Å². The topological polar surface area (TPSA) is 78.5 Å². The van der Waals surface area contributed by atoms with Crippen LogP contribution in [0.5, 0.6) is 0 Å². The summed E-state index contributed by atoms with van der Waals surface area (Å²) in [4.78, 5) is 18.1. The van der Waals surface area contributed by atoms with Gasteiger partial charge >= 0.3 is 7.12 Å². The van der Waals surface area contributed by atoms with Crippen molar-refractivity contribution in [1.29, 1.82) is 0 Å². The van der Waals surface area contributed by atoms with Gasteiger partial charge in [0.05, 0.1) is 35.3 Å². The molecule has 2 aromatic rings. The average molecular weight is 389 g/mol. The molecule has 28 heavy (non-hydrogen) atoms. The van der Waals surface area contributed by atoms with Gasteiger partial charge < -0.3 is 9.31 Å². The third-order valence-electron chi connectivity index (χ3n) is 5.77. The van der Waals surface area contributed by atoms with E-state index in [9.17, 15) is 9.30 Å². The zero-order valence-electron chi connectivity index (χ0n) is 16.3. The number of hydrogen-bond acceptors (Lipinski definition) is 6. The maximum Gasteiger partial charge on any atom is 0.497 e. The molecule has 0 radical (unpaired) electrons. The van der Waals surface area contributed by atoms with E-state index in [0.29, 0.717) is 28.9 Å². The van der Waals surface area contributed by atoms with Crippen molar-refractivity contribution in [2.24, 2.45) is 0 Å². The summed E-state index contributed by atoms with van der Waals surface area (Å²) in [5.74, 6) is -0.468. The lowest BCUT2D eigenvalue weighted by atomic mass is 9.78. The lowest BCUT2D eigenvalue weighted by molar-refractivity contribution is -0.813. The molecule has 1 aromatic carbocycles. The Hall–Kier alpha value is -2.33. The Morgan fingerprint density at radius 1 is 1.29 bits per heavy atom. The van der Waals surface area contributed by atoms with Gasteiger partial charge in [-0.1, -0.05) is 17.3 Å². The predicted octanol–water partition coefficient (Wildman–Crippen LogP) is 1.94. The Bertz CT molecular complexity index is 874. The summed E-state index contributed by atoms with van der Waals surface area (Å²) in [7, 11) is -0.790. The molecule has 8 nitrogen and oxygen atoms in total. The maximum atomic E-state index is 14.8. The molecule has 0 saturated carbocycles. The number of halogens is 1. The second kappa shape index (κ2) is 6.63. The minimum atomic E-state index is -0.790. The molecule has 2 saturated heterocycles. The summed E-state index contributed by atoms with van der Waals surface area (Å²) in [6, 6.07) is 4.11. The van der Waals surface area contributed by atoms with Crippen LogP contribution in [0.1, 0.15) is 45.7 Å². The summed E-state index contributed by atoms with van der Waals surface area (Å²) in [5, 5.41) is 7.61. The minimum Gasteiger partial charge on any atom is -0.399 e. The first kappa shape index (κ1) is 19.0. The minimum absolute atomic E-state index is 0.318. The third-order valence-corrected chi connectivity index (χ3v) is 5.77. The predicted molar refractivity (Wildman–Crippen MR) is 98.0 cm³/mol. The molecule has 0 bridgehead atoms. The lowest BCUT2D eigenvalue weighted by Crippen LogP contribution is -2.41. The Morgan fingerprint density at radius 2 is 2.00 bits per heavy atom. The van der Waals surface area contributed by atoms with E-state index < -0.39 is 30.2 Å². The quantitative estimate of drug-likeness (QED) is 0.744. The van der Waals surface area contributed by atoms with Crippen molar-refractivity contribution in [3.05, 3.63) is 46.9 Å². The van der Waals surface area contributed by atoms with E-state index in [2.05, 4.69) is 10.3 Å². The molecule has 1 aromatic heterocycles. The highest BCUT2D eigenvalue weighted by Crippen LogP contribution is 2.37. The highest BCUT2D eigenvalue weighted by Gasteiger charge is 2.52. The van der Waals surface area contributed by atoms with Crippen LogP contribution in [0.4, 0.5) is 4.39 Å². The van der Waals surface area contributed by atoms with Crippen LogP contribution in [0.25, 0.3) is 0 Å². The summed E-state index contributed by atoms with van der Waals surface area (Å²) in [6.45, 7) is 8.07. The van der Waals surface area contributed by atoms with Crippen molar-refractivity contribution in [1.82, 2.24) is 15.0 Å². The Morgan fingerprint density at radius 3 is 2.61 bits per heavy atom. The molecule has 1 unspecified atom stereocenters. The van der Waals surface area contributed by atoms with Crippen molar-refractivity contribution in [2.75, 3.05) is 0 Å². The van der Waals surface area contributed by atoms with Crippen LogP contribution in [-0.2, 0) is 20.7 Å². The second-order valence-corrected chi connectivity index (χ2v) is 8.26. The Balaban J connectivity index is 1.50. The monoisotopic (exact) mass is 389 g/mol. The van der Waals surface area contributed by atoms with E-state index in [0.717, 1.165) is 0 Å². The van der Waals surface area contributed by atoms with Gasteiger partial charge in [0, 0.05) is 17.2 Å². The van der Waals surface area contributed by atoms with Gasteiger partial charge in [0.15, 0.2) is 0 Å². The molecule has 4 rings (SSSR count). The Kier molecular flexibility index (Phi) is 4.50. The van der Waals surface area contributed by atoms with Crippen LogP contribution in [0.3, 0.4) is 0 Å². The van der Waals surface area contributed by atoms with Crippen molar-refractivity contribution < 1.29 is 23.5 Å². The van der Waals surface area contributed by atoms with Gasteiger partial charge in [0.1, 0.15) is 5.82 Å². The van der Waals surface area contributed by atoms with Crippen LogP contribution < -0.4 is 5.46 Å². The lowest BCUT2D eigenvalue weighted by Gasteiger charge is -2.32. The van der Waals surface area contributed by atoms with E-state index in [1.165, 1.54) is 6.07 Å². The first-order valence-electron chi connectivity index (χ1n) is 9.28. The fraction of sp³-hybridized carbons (Fsp3) is 0.556. The first-order valence-corrected chi connectivity index (χ1v) is 9.28. The van der Waals surface area contributed by atoms with Crippen LogP contribution >= 0.6 is 0 Å². The number of rotatable bonds is 4. The summed E-state index contributed by atoms with van der Waals surface area (Å²) in [6.07, 6.45) is 3.34. The fourth-order valence-corrected chi connectivity index (χ4v) is 3.41. The molecule has 2 atom stereocenters.